The van der Waals surface area contributed by atoms with Crippen LogP contribution in [0.15, 0.2) is 10.0 Å². The SMILES string of the molecule is Cc1ncsc1CCc1nc(C2CCOC2)no1. The second kappa shape index (κ2) is 5.16. The van der Waals surface area contributed by atoms with Gasteiger partial charge in [0, 0.05) is 23.8 Å². The summed E-state index contributed by atoms with van der Waals surface area (Å²) in [5.41, 5.74) is 2.98. The van der Waals surface area contributed by atoms with E-state index in [-0.39, 0.29) is 0 Å². The van der Waals surface area contributed by atoms with Crippen molar-refractivity contribution in [1.82, 2.24) is 15.1 Å². The van der Waals surface area contributed by atoms with Crippen LogP contribution in [0.25, 0.3) is 0 Å². The number of hydrogen-bond donors (Lipinski definition) is 0. The Morgan fingerprint density at radius 2 is 2.39 bits per heavy atom. The van der Waals surface area contributed by atoms with E-state index in [2.05, 4.69) is 15.1 Å². The first kappa shape index (κ1) is 11.8. The van der Waals surface area contributed by atoms with Crippen molar-refractivity contribution in [2.24, 2.45) is 0 Å². The van der Waals surface area contributed by atoms with E-state index in [1.807, 2.05) is 12.4 Å². The molecule has 3 rings (SSSR count). The Morgan fingerprint density at radius 1 is 1.44 bits per heavy atom. The van der Waals surface area contributed by atoms with Crippen molar-refractivity contribution in [3.8, 4) is 0 Å². The van der Waals surface area contributed by atoms with Gasteiger partial charge in [-0.2, -0.15) is 4.98 Å². The van der Waals surface area contributed by atoms with Gasteiger partial charge in [-0.3, -0.25) is 0 Å². The maximum atomic E-state index is 5.33. The number of nitrogens with zero attached hydrogens (tertiary/aromatic N) is 3. The number of aryl methyl sites for hydroxylation is 3. The van der Waals surface area contributed by atoms with Crippen LogP contribution in [-0.4, -0.2) is 28.3 Å². The molecule has 1 saturated heterocycles. The summed E-state index contributed by atoms with van der Waals surface area (Å²) in [6.07, 6.45) is 2.69. The molecule has 5 nitrogen and oxygen atoms in total. The first-order valence-electron chi connectivity index (χ1n) is 6.12. The molecule has 1 atom stereocenters. The lowest BCUT2D eigenvalue weighted by Gasteiger charge is -1.97. The Hall–Kier alpha value is -1.27. The minimum Gasteiger partial charge on any atom is -0.381 e. The predicted octanol–water partition coefficient (Wildman–Crippen LogP) is 2.12. The second-order valence-corrected chi connectivity index (χ2v) is 5.41. The smallest absolute Gasteiger partial charge is 0.227 e. The van der Waals surface area contributed by atoms with Crippen LogP contribution in [0.1, 0.15) is 34.6 Å². The first-order valence-corrected chi connectivity index (χ1v) is 7.00. The van der Waals surface area contributed by atoms with Crippen LogP contribution in [0.5, 0.6) is 0 Å². The molecule has 1 fully saturated rings. The summed E-state index contributed by atoms with van der Waals surface area (Å²) in [4.78, 5) is 9.97. The molecule has 2 aromatic heterocycles. The van der Waals surface area contributed by atoms with Crippen molar-refractivity contribution in [3.05, 3.63) is 27.8 Å². The van der Waals surface area contributed by atoms with E-state index in [0.717, 1.165) is 37.4 Å². The Balaban J connectivity index is 1.61. The summed E-state index contributed by atoms with van der Waals surface area (Å²) < 4.78 is 10.6. The van der Waals surface area contributed by atoms with Gasteiger partial charge in [0.1, 0.15) is 0 Å². The molecule has 1 aliphatic rings. The summed E-state index contributed by atoms with van der Waals surface area (Å²) >= 11 is 1.68. The van der Waals surface area contributed by atoms with Crippen LogP contribution >= 0.6 is 11.3 Å². The molecule has 0 bridgehead atoms. The first-order chi connectivity index (χ1) is 8.83. The third-order valence-corrected chi connectivity index (χ3v) is 4.18. The topological polar surface area (TPSA) is 61.0 Å². The van der Waals surface area contributed by atoms with Gasteiger partial charge in [-0.05, 0) is 19.8 Å². The average Bonchev–Trinajstić information content (AvgIpc) is 3.08. The molecule has 1 unspecified atom stereocenters. The molecule has 18 heavy (non-hydrogen) atoms. The number of rotatable bonds is 4. The maximum absolute atomic E-state index is 5.33. The maximum Gasteiger partial charge on any atom is 0.227 e. The van der Waals surface area contributed by atoms with Gasteiger partial charge >= 0.3 is 0 Å². The zero-order chi connectivity index (χ0) is 12.4. The molecular weight excluding hydrogens is 250 g/mol. The Labute approximate surface area is 109 Å². The van der Waals surface area contributed by atoms with Crippen LogP contribution in [0, 0.1) is 6.92 Å². The van der Waals surface area contributed by atoms with Gasteiger partial charge in [0.25, 0.3) is 0 Å². The molecule has 0 saturated carbocycles. The van der Waals surface area contributed by atoms with Crippen molar-refractivity contribution < 1.29 is 9.26 Å². The number of thiazole rings is 1. The van der Waals surface area contributed by atoms with Crippen LogP contribution in [0.2, 0.25) is 0 Å². The normalized spacial score (nSPS) is 19.5. The second-order valence-electron chi connectivity index (χ2n) is 4.47. The molecule has 6 heteroatoms. The lowest BCUT2D eigenvalue weighted by Crippen LogP contribution is -2.00. The fraction of sp³-hybridized carbons (Fsp3) is 0.583. The van der Waals surface area contributed by atoms with E-state index in [1.165, 1.54) is 4.88 Å². The van der Waals surface area contributed by atoms with E-state index >= 15 is 0 Å². The van der Waals surface area contributed by atoms with Crippen LogP contribution in [0.3, 0.4) is 0 Å². The zero-order valence-corrected chi connectivity index (χ0v) is 11.1. The molecule has 1 aliphatic heterocycles. The largest absolute Gasteiger partial charge is 0.381 e. The van der Waals surface area contributed by atoms with Gasteiger partial charge in [-0.1, -0.05) is 5.16 Å². The highest BCUT2D eigenvalue weighted by atomic mass is 32.1. The third-order valence-electron chi connectivity index (χ3n) is 3.19. The van der Waals surface area contributed by atoms with E-state index in [0.29, 0.717) is 18.4 Å². The fourth-order valence-corrected chi connectivity index (χ4v) is 2.84. The van der Waals surface area contributed by atoms with E-state index < -0.39 is 0 Å². The van der Waals surface area contributed by atoms with E-state index in [1.54, 1.807) is 11.3 Å². The fourth-order valence-electron chi connectivity index (χ4n) is 2.06. The summed E-state index contributed by atoms with van der Waals surface area (Å²) in [7, 11) is 0. The van der Waals surface area contributed by atoms with Crippen molar-refractivity contribution >= 4 is 11.3 Å². The highest BCUT2D eigenvalue weighted by molar-refractivity contribution is 7.09. The molecular formula is C12H15N3O2S. The van der Waals surface area contributed by atoms with E-state index in [4.69, 9.17) is 9.26 Å². The summed E-state index contributed by atoms with van der Waals surface area (Å²) in [5, 5.41) is 4.04. The highest BCUT2D eigenvalue weighted by Crippen LogP contribution is 2.23. The van der Waals surface area contributed by atoms with Gasteiger partial charge in [0.15, 0.2) is 5.82 Å². The molecule has 0 N–H and O–H groups in total. The zero-order valence-electron chi connectivity index (χ0n) is 10.3. The van der Waals surface area contributed by atoms with Crippen LogP contribution in [-0.2, 0) is 17.6 Å². The van der Waals surface area contributed by atoms with Gasteiger partial charge in [0.2, 0.25) is 5.89 Å². The molecule has 96 valence electrons. The molecule has 0 spiro atoms. The Morgan fingerprint density at radius 3 is 3.11 bits per heavy atom. The standard InChI is InChI=1S/C12H15N3O2S/c1-8-10(18-7-13-8)2-3-11-14-12(15-17-11)9-4-5-16-6-9/h7,9H,2-6H2,1H3. The lowest BCUT2D eigenvalue weighted by atomic mass is 10.1. The highest BCUT2D eigenvalue weighted by Gasteiger charge is 2.23. The molecule has 0 aromatic carbocycles. The molecule has 0 amide bonds. The number of hydrogen-bond acceptors (Lipinski definition) is 6. The molecule has 0 aliphatic carbocycles. The minimum atomic E-state index is 0.313. The van der Waals surface area contributed by atoms with Crippen molar-refractivity contribution in [3.63, 3.8) is 0 Å². The summed E-state index contributed by atoms with van der Waals surface area (Å²) in [6.45, 7) is 3.54. The van der Waals surface area contributed by atoms with Crippen LogP contribution in [0.4, 0.5) is 0 Å². The van der Waals surface area contributed by atoms with Gasteiger partial charge in [-0.15, -0.1) is 11.3 Å². The molecule has 3 heterocycles. The quantitative estimate of drug-likeness (QED) is 0.847. The lowest BCUT2D eigenvalue weighted by molar-refractivity contribution is 0.192. The minimum absolute atomic E-state index is 0.313. The predicted molar refractivity (Wildman–Crippen MR) is 66.7 cm³/mol. The number of aromatic nitrogens is 3. The Kier molecular flexibility index (Phi) is 3.38. The number of ether oxygens (including phenoxy) is 1. The summed E-state index contributed by atoms with van der Waals surface area (Å²) in [5.74, 6) is 1.82. The average molecular weight is 265 g/mol. The third kappa shape index (κ3) is 2.44. The van der Waals surface area contributed by atoms with Crippen molar-refractivity contribution in [2.45, 2.75) is 32.1 Å². The summed E-state index contributed by atoms with van der Waals surface area (Å²) in [6, 6.07) is 0. The monoisotopic (exact) mass is 265 g/mol. The van der Waals surface area contributed by atoms with Crippen LogP contribution < -0.4 is 0 Å². The van der Waals surface area contributed by atoms with Gasteiger partial charge < -0.3 is 9.26 Å². The van der Waals surface area contributed by atoms with Gasteiger partial charge in [-0.25, -0.2) is 4.98 Å². The molecule has 2 aromatic rings. The van der Waals surface area contributed by atoms with E-state index in [9.17, 15) is 0 Å². The van der Waals surface area contributed by atoms with Crippen molar-refractivity contribution in [2.75, 3.05) is 13.2 Å². The molecule has 0 radical (unpaired) electrons. The van der Waals surface area contributed by atoms with Crippen molar-refractivity contribution in [1.29, 1.82) is 0 Å². The Bertz CT molecular complexity index is 517. The van der Waals surface area contributed by atoms with Gasteiger partial charge in [0.05, 0.1) is 17.8 Å².